The van der Waals surface area contributed by atoms with Gasteiger partial charge >= 0.3 is 0 Å². The molecule has 0 N–H and O–H groups in total. The molecule has 7 heteroatoms. The minimum atomic E-state index is 0.0114. The zero-order valence-corrected chi connectivity index (χ0v) is 19.9. The van der Waals surface area contributed by atoms with Crippen LogP contribution in [0.5, 0.6) is 5.75 Å². The predicted molar refractivity (Wildman–Crippen MR) is 136 cm³/mol. The van der Waals surface area contributed by atoms with Gasteiger partial charge in [0, 0.05) is 56.9 Å². The lowest BCUT2D eigenvalue weighted by molar-refractivity contribution is 0.0762. The van der Waals surface area contributed by atoms with Gasteiger partial charge < -0.3 is 9.64 Å². The number of aromatic nitrogens is 3. The number of amides is 1. The van der Waals surface area contributed by atoms with Gasteiger partial charge in [0.2, 0.25) is 0 Å². The van der Waals surface area contributed by atoms with Crippen molar-refractivity contribution in [1.29, 1.82) is 0 Å². The van der Waals surface area contributed by atoms with Crippen molar-refractivity contribution in [3.05, 3.63) is 96.4 Å². The first-order valence-corrected chi connectivity index (χ1v) is 11.9. The van der Waals surface area contributed by atoms with E-state index >= 15 is 0 Å². The molecule has 1 saturated heterocycles. The molecule has 2 aromatic heterocycles. The average molecular weight is 468 g/mol. The number of methoxy groups -OCH3 is 1. The van der Waals surface area contributed by atoms with Crippen molar-refractivity contribution < 1.29 is 9.53 Å². The maximum absolute atomic E-state index is 13.7. The molecule has 7 nitrogen and oxygen atoms in total. The van der Waals surface area contributed by atoms with Crippen LogP contribution in [0.4, 0.5) is 0 Å². The van der Waals surface area contributed by atoms with Crippen LogP contribution in [-0.2, 0) is 6.54 Å². The summed E-state index contributed by atoms with van der Waals surface area (Å²) in [6.07, 6.45) is 6.26. The zero-order chi connectivity index (χ0) is 24.0. The fourth-order valence-corrected chi connectivity index (χ4v) is 4.45. The number of pyridine rings is 1. The molecule has 178 valence electrons. The molecule has 1 amide bonds. The summed E-state index contributed by atoms with van der Waals surface area (Å²) < 4.78 is 7.05. The van der Waals surface area contributed by atoms with E-state index in [9.17, 15) is 4.79 Å². The lowest BCUT2D eigenvalue weighted by Crippen LogP contribution is -2.35. The quantitative estimate of drug-likeness (QED) is 0.423. The van der Waals surface area contributed by atoms with Gasteiger partial charge in [-0.05, 0) is 48.4 Å². The molecule has 1 fully saturated rings. The fourth-order valence-electron chi connectivity index (χ4n) is 4.45. The normalized spacial score (nSPS) is 14.5. The van der Waals surface area contributed by atoms with Crippen molar-refractivity contribution >= 4 is 5.91 Å². The molecule has 1 aliphatic heterocycles. The van der Waals surface area contributed by atoms with Crippen LogP contribution < -0.4 is 4.74 Å². The highest BCUT2D eigenvalue weighted by molar-refractivity contribution is 6.00. The predicted octanol–water partition coefficient (Wildman–Crippen LogP) is 4.29. The monoisotopic (exact) mass is 467 g/mol. The summed E-state index contributed by atoms with van der Waals surface area (Å²) in [5, 5.41) is 4.78. The van der Waals surface area contributed by atoms with Crippen LogP contribution in [0.1, 0.15) is 22.3 Å². The first kappa shape index (κ1) is 22.8. The summed E-state index contributed by atoms with van der Waals surface area (Å²) in [6.45, 7) is 4.04. The number of rotatable bonds is 6. The Balaban J connectivity index is 1.35. The number of hydrogen-bond donors (Lipinski definition) is 0. The van der Waals surface area contributed by atoms with Crippen LogP contribution in [0.3, 0.4) is 0 Å². The van der Waals surface area contributed by atoms with E-state index in [4.69, 9.17) is 9.84 Å². The minimum absolute atomic E-state index is 0.0114. The van der Waals surface area contributed by atoms with Gasteiger partial charge in [-0.1, -0.05) is 30.3 Å². The van der Waals surface area contributed by atoms with E-state index in [0.29, 0.717) is 17.8 Å². The Morgan fingerprint density at radius 1 is 0.943 bits per heavy atom. The van der Waals surface area contributed by atoms with Crippen molar-refractivity contribution in [3.8, 4) is 22.7 Å². The zero-order valence-electron chi connectivity index (χ0n) is 19.9. The molecule has 4 aromatic rings. The lowest BCUT2D eigenvalue weighted by atomic mass is 10.1. The van der Waals surface area contributed by atoms with Crippen molar-refractivity contribution in [2.75, 3.05) is 33.3 Å². The van der Waals surface area contributed by atoms with Crippen LogP contribution in [0.25, 0.3) is 16.9 Å². The van der Waals surface area contributed by atoms with E-state index in [1.54, 1.807) is 24.2 Å². The van der Waals surface area contributed by atoms with E-state index in [1.807, 2.05) is 65.7 Å². The summed E-state index contributed by atoms with van der Waals surface area (Å²) in [7, 11) is 1.68. The minimum Gasteiger partial charge on any atom is -0.497 e. The van der Waals surface area contributed by atoms with Gasteiger partial charge in [-0.3, -0.25) is 14.7 Å². The van der Waals surface area contributed by atoms with Crippen LogP contribution in [0.15, 0.2) is 85.3 Å². The smallest absolute Gasteiger partial charge is 0.257 e. The highest BCUT2D eigenvalue weighted by Gasteiger charge is 2.25. The molecule has 5 rings (SSSR count). The summed E-state index contributed by atoms with van der Waals surface area (Å²) in [4.78, 5) is 22.4. The third kappa shape index (κ3) is 5.25. The van der Waals surface area contributed by atoms with Gasteiger partial charge in [0.05, 0.1) is 18.4 Å². The molecule has 35 heavy (non-hydrogen) atoms. The highest BCUT2D eigenvalue weighted by atomic mass is 16.5. The number of carbonyl (C=O) groups excluding carboxylic acids is 1. The topological polar surface area (TPSA) is 63.5 Å². The molecule has 0 bridgehead atoms. The molecule has 1 aliphatic rings. The van der Waals surface area contributed by atoms with Crippen molar-refractivity contribution in [2.24, 2.45) is 0 Å². The van der Waals surface area contributed by atoms with Crippen LogP contribution in [0.2, 0.25) is 0 Å². The van der Waals surface area contributed by atoms with E-state index < -0.39 is 0 Å². The first-order valence-electron chi connectivity index (χ1n) is 11.9. The SMILES string of the molecule is COc1ccc(CN2CCCN(C(=O)c3cn(-c4ccccc4)nc3-c3cccnc3)CC2)cc1. The molecule has 0 spiro atoms. The van der Waals surface area contributed by atoms with E-state index in [0.717, 1.165) is 49.6 Å². The molecular formula is C28H29N5O2. The molecule has 2 aromatic carbocycles. The Bertz CT molecular complexity index is 1260. The van der Waals surface area contributed by atoms with E-state index in [-0.39, 0.29) is 5.91 Å². The van der Waals surface area contributed by atoms with Crippen LogP contribution in [0, 0.1) is 0 Å². The van der Waals surface area contributed by atoms with Gasteiger partial charge in [0.25, 0.3) is 5.91 Å². The number of hydrogen-bond acceptors (Lipinski definition) is 5. The summed E-state index contributed by atoms with van der Waals surface area (Å²) in [5.41, 5.74) is 4.25. The molecule has 0 radical (unpaired) electrons. The highest BCUT2D eigenvalue weighted by Crippen LogP contribution is 2.25. The van der Waals surface area contributed by atoms with Gasteiger partial charge in [0.15, 0.2) is 0 Å². The Morgan fingerprint density at radius 2 is 1.77 bits per heavy atom. The second-order valence-corrected chi connectivity index (χ2v) is 8.68. The van der Waals surface area contributed by atoms with Gasteiger partial charge in [-0.25, -0.2) is 4.68 Å². The number of carbonyl (C=O) groups is 1. The second-order valence-electron chi connectivity index (χ2n) is 8.68. The maximum Gasteiger partial charge on any atom is 0.257 e. The second kappa shape index (κ2) is 10.5. The number of nitrogens with zero attached hydrogens (tertiary/aromatic N) is 5. The standard InChI is InChI=1S/C28H29N5O2/c1-35-25-12-10-22(11-13-25)20-31-15-6-16-32(18-17-31)28(34)26-21-33(24-8-3-2-4-9-24)30-27(26)23-7-5-14-29-19-23/h2-5,7-14,19,21H,6,15-18,20H2,1H3. The lowest BCUT2D eigenvalue weighted by Gasteiger charge is -2.22. The molecule has 0 atom stereocenters. The van der Waals surface area contributed by atoms with Gasteiger partial charge in [-0.2, -0.15) is 5.10 Å². The molecule has 3 heterocycles. The molecule has 0 saturated carbocycles. The number of ether oxygens (including phenoxy) is 1. The summed E-state index contributed by atoms with van der Waals surface area (Å²) in [6, 6.07) is 21.9. The van der Waals surface area contributed by atoms with Crippen molar-refractivity contribution in [3.63, 3.8) is 0 Å². The summed E-state index contributed by atoms with van der Waals surface area (Å²) in [5.74, 6) is 0.874. The van der Waals surface area contributed by atoms with Crippen molar-refractivity contribution in [1.82, 2.24) is 24.6 Å². The largest absolute Gasteiger partial charge is 0.497 e. The fraction of sp³-hybridized carbons (Fsp3) is 0.250. The summed E-state index contributed by atoms with van der Waals surface area (Å²) >= 11 is 0. The van der Waals surface area contributed by atoms with Gasteiger partial charge in [-0.15, -0.1) is 0 Å². The average Bonchev–Trinajstić information content (AvgIpc) is 3.24. The Labute approximate surface area is 205 Å². The molecular weight excluding hydrogens is 438 g/mol. The van der Waals surface area contributed by atoms with Gasteiger partial charge in [0.1, 0.15) is 11.4 Å². The Morgan fingerprint density at radius 3 is 2.51 bits per heavy atom. The van der Waals surface area contributed by atoms with Crippen LogP contribution in [-0.4, -0.2) is 63.8 Å². The Hall–Kier alpha value is -3.97. The number of benzene rings is 2. The molecule has 0 aliphatic carbocycles. The Kier molecular flexibility index (Phi) is 6.86. The van der Waals surface area contributed by atoms with E-state index in [1.165, 1.54) is 5.56 Å². The maximum atomic E-state index is 13.7. The third-order valence-corrected chi connectivity index (χ3v) is 6.34. The van der Waals surface area contributed by atoms with Crippen molar-refractivity contribution in [2.45, 2.75) is 13.0 Å². The molecule has 0 unspecified atom stereocenters. The number of para-hydroxylation sites is 1. The third-order valence-electron chi connectivity index (χ3n) is 6.34. The van der Waals surface area contributed by atoms with Crippen LogP contribution >= 0.6 is 0 Å². The van der Waals surface area contributed by atoms with E-state index in [2.05, 4.69) is 22.0 Å². The first-order chi connectivity index (χ1) is 17.2.